The molecule has 120 valence electrons. The maximum Gasteiger partial charge on any atom is 0.227 e. The van der Waals surface area contributed by atoms with Gasteiger partial charge in [0.1, 0.15) is 5.76 Å². The monoisotopic (exact) mass is 302 g/mol. The molecule has 0 spiro atoms. The number of hydrogen-bond donors (Lipinski definition) is 1. The van der Waals surface area contributed by atoms with Gasteiger partial charge in [0.25, 0.3) is 0 Å². The quantitative estimate of drug-likeness (QED) is 0.931. The van der Waals surface area contributed by atoms with E-state index in [9.17, 15) is 4.79 Å². The molecule has 3 aliphatic rings. The molecule has 4 rings (SSSR count). The van der Waals surface area contributed by atoms with Crippen LogP contribution >= 0.6 is 0 Å². The number of aryl methyl sites for hydroxylation is 2. The van der Waals surface area contributed by atoms with E-state index < -0.39 is 0 Å². The standard InChI is InChI=1S/C18H26N2O2/c1-9(17-10(2)20-22-11(17)3)18(21)19-16-8-12-7-15(16)14-6-4-5-13(12)14/h9,12-16H,4-8H2,1-3H3,(H,19,21)/t9-,12+,13-,14+,15-,16+/m0/s1. The topological polar surface area (TPSA) is 55.1 Å². The van der Waals surface area contributed by atoms with Crippen LogP contribution in [0, 0.1) is 37.5 Å². The first kappa shape index (κ1) is 14.3. The van der Waals surface area contributed by atoms with E-state index in [1.54, 1.807) is 0 Å². The first-order chi connectivity index (χ1) is 10.6. The first-order valence-corrected chi connectivity index (χ1v) is 8.79. The lowest BCUT2D eigenvalue weighted by Crippen LogP contribution is -2.44. The molecule has 0 aliphatic heterocycles. The molecule has 22 heavy (non-hydrogen) atoms. The van der Waals surface area contributed by atoms with E-state index in [0.717, 1.165) is 40.7 Å². The second-order valence-corrected chi connectivity index (χ2v) is 7.73. The van der Waals surface area contributed by atoms with E-state index in [4.69, 9.17) is 4.52 Å². The fourth-order valence-corrected chi connectivity index (χ4v) is 5.78. The minimum absolute atomic E-state index is 0.140. The highest BCUT2D eigenvalue weighted by Gasteiger charge is 2.54. The van der Waals surface area contributed by atoms with E-state index in [1.165, 1.54) is 32.1 Å². The van der Waals surface area contributed by atoms with Crippen molar-refractivity contribution in [1.82, 2.24) is 10.5 Å². The van der Waals surface area contributed by atoms with E-state index in [2.05, 4.69) is 10.5 Å². The minimum Gasteiger partial charge on any atom is -0.361 e. The van der Waals surface area contributed by atoms with Gasteiger partial charge in [0.05, 0.1) is 11.6 Å². The van der Waals surface area contributed by atoms with Crippen molar-refractivity contribution in [3.05, 3.63) is 17.0 Å². The van der Waals surface area contributed by atoms with Crippen LogP contribution in [0.3, 0.4) is 0 Å². The molecule has 1 heterocycles. The molecule has 6 atom stereocenters. The number of amides is 1. The predicted octanol–water partition coefficient (Wildman–Crippen LogP) is 3.34. The van der Waals surface area contributed by atoms with Gasteiger partial charge in [-0.2, -0.15) is 0 Å². The van der Waals surface area contributed by atoms with E-state index in [-0.39, 0.29) is 11.8 Å². The third kappa shape index (κ3) is 2.03. The Labute approximate surface area is 132 Å². The number of carbonyl (C=O) groups excluding carboxylic acids is 1. The molecule has 4 nitrogen and oxygen atoms in total. The lowest BCUT2D eigenvalue weighted by Gasteiger charge is -2.32. The van der Waals surface area contributed by atoms with Gasteiger partial charge < -0.3 is 9.84 Å². The van der Waals surface area contributed by atoms with Crippen LogP contribution in [-0.4, -0.2) is 17.1 Å². The van der Waals surface area contributed by atoms with Gasteiger partial charge in [0.15, 0.2) is 0 Å². The molecule has 3 saturated carbocycles. The zero-order valence-corrected chi connectivity index (χ0v) is 13.8. The van der Waals surface area contributed by atoms with Crippen LogP contribution in [-0.2, 0) is 4.79 Å². The number of fused-ring (bicyclic) bond motifs is 5. The summed E-state index contributed by atoms with van der Waals surface area (Å²) < 4.78 is 5.21. The van der Waals surface area contributed by atoms with Gasteiger partial charge in [-0.05, 0) is 70.1 Å². The highest BCUT2D eigenvalue weighted by Crippen LogP contribution is 2.58. The van der Waals surface area contributed by atoms with Gasteiger partial charge >= 0.3 is 0 Å². The molecule has 1 N–H and O–H groups in total. The summed E-state index contributed by atoms with van der Waals surface area (Å²) in [6, 6.07) is 0.403. The zero-order valence-electron chi connectivity index (χ0n) is 13.8. The van der Waals surface area contributed by atoms with Crippen molar-refractivity contribution in [3.63, 3.8) is 0 Å². The summed E-state index contributed by atoms with van der Waals surface area (Å²) in [5.74, 6) is 4.20. The molecule has 3 aliphatic carbocycles. The van der Waals surface area contributed by atoms with Gasteiger partial charge in [-0.25, -0.2) is 0 Å². The van der Waals surface area contributed by atoms with Crippen LogP contribution in [0.15, 0.2) is 4.52 Å². The lowest BCUT2D eigenvalue weighted by molar-refractivity contribution is -0.123. The van der Waals surface area contributed by atoms with Gasteiger partial charge in [0, 0.05) is 11.6 Å². The lowest BCUT2D eigenvalue weighted by atomic mass is 9.79. The zero-order chi connectivity index (χ0) is 15.4. The number of nitrogens with zero attached hydrogens (tertiary/aromatic N) is 1. The third-order valence-electron chi connectivity index (χ3n) is 6.67. The Hall–Kier alpha value is -1.32. The molecule has 0 aromatic carbocycles. The highest BCUT2D eigenvalue weighted by atomic mass is 16.5. The Morgan fingerprint density at radius 1 is 1.23 bits per heavy atom. The molecule has 0 saturated heterocycles. The maximum atomic E-state index is 12.7. The molecular weight excluding hydrogens is 276 g/mol. The molecule has 1 amide bonds. The highest BCUT2D eigenvalue weighted by molar-refractivity contribution is 5.84. The Balaban J connectivity index is 1.45. The number of aromatic nitrogens is 1. The average Bonchev–Trinajstić information content (AvgIpc) is 3.20. The minimum atomic E-state index is -0.176. The maximum absolute atomic E-state index is 12.7. The largest absolute Gasteiger partial charge is 0.361 e. The summed E-state index contributed by atoms with van der Waals surface area (Å²) in [6.45, 7) is 5.77. The Bertz CT molecular complexity index is 574. The van der Waals surface area contributed by atoms with Crippen molar-refractivity contribution in [3.8, 4) is 0 Å². The van der Waals surface area contributed by atoms with Crippen molar-refractivity contribution in [2.45, 2.75) is 64.8 Å². The van der Waals surface area contributed by atoms with Crippen LogP contribution in [0.4, 0.5) is 0 Å². The molecule has 1 aromatic heterocycles. The second-order valence-electron chi connectivity index (χ2n) is 7.73. The molecule has 0 unspecified atom stereocenters. The Morgan fingerprint density at radius 2 is 2.00 bits per heavy atom. The summed E-state index contributed by atoms with van der Waals surface area (Å²) in [5.41, 5.74) is 1.79. The van der Waals surface area contributed by atoms with Crippen molar-refractivity contribution in [2.75, 3.05) is 0 Å². The van der Waals surface area contributed by atoms with Gasteiger partial charge in [-0.15, -0.1) is 0 Å². The summed E-state index contributed by atoms with van der Waals surface area (Å²) in [4.78, 5) is 12.7. The van der Waals surface area contributed by atoms with E-state index in [0.29, 0.717) is 6.04 Å². The first-order valence-electron chi connectivity index (χ1n) is 8.79. The molecule has 0 radical (unpaired) electrons. The molecule has 4 heteroatoms. The molecule has 3 fully saturated rings. The number of nitrogens with one attached hydrogen (secondary N) is 1. The fourth-order valence-electron chi connectivity index (χ4n) is 5.78. The molecular formula is C18H26N2O2. The van der Waals surface area contributed by atoms with E-state index in [1.807, 2.05) is 20.8 Å². The number of carbonyl (C=O) groups is 1. The predicted molar refractivity (Wildman–Crippen MR) is 83.4 cm³/mol. The number of rotatable bonds is 3. The van der Waals surface area contributed by atoms with Crippen molar-refractivity contribution in [2.24, 2.45) is 23.7 Å². The van der Waals surface area contributed by atoms with Crippen LogP contribution in [0.25, 0.3) is 0 Å². The Kier molecular flexibility index (Phi) is 3.31. The Morgan fingerprint density at radius 3 is 2.73 bits per heavy atom. The van der Waals surface area contributed by atoms with E-state index >= 15 is 0 Å². The average molecular weight is 302 g/mol. The van der Waals surface area contributed by atoms with Gasteiger partial charge in [-0.3, -0.25) is 4.79 Å². The van der Waals surface area contributed by atoms with Gasteiger partial charge in [-0.1, -0.05) is 11.6 Å². The normalized spacial score (nSPS) is 37.3. The third-order valence-corrected chi connectivity index (χ3v) is 6.67. The smallest absolute Gasteiger partial charge is 0.227 e. The van der Waals surface area contributed by atoms with Crippen molar-refractivity contribution < 1.29 is 9.32 Å². The second kappa shape index (κ2) is 5.10. The summed E-state index contributed by atoms with van der Waals surface area (Å²) in [5, 5.41) is 7.34. The fraction of sp³-hybridized carbons (Fsp3) is 0.778. The summed E-state index contributed by atoms with van der Waals surface area (Å²) >= 11 is 0. The van der Waals surface area contributed by atoms with Crippen LogP contribution in [0.2, 0.25) is 0 Å². The summed E-state index contributed by atoms with van der Waals surface area (Å²) in [7, 11) is 0. The SMILES string of the molecule is Cc1noc(C)c1[C@H](C)C(=O)N[C@@H]1C[C@H]2C[C@H]1[C@@H]1CCC[C@@H]21. The van der Waals surface area contributed by atoms with Crippen LogP contribution < -0.4 is 5.32 Å². The number of hydrogen-bond acceptors (Lipinski definition) is 3. The van der Waals surface area contributed by atoms with Crippen LogP contribution in [0.5, 0.6) is 0 Å². The summed E-state index contributed by atoms with van der Waals surface area (Å²) in [6.07, 6.45) is 6.77. The molecule has 1 aromatic rings. The molecule has 2 bridgehead atoms. The van der Waals surface area contributed by atoms with Crippen LogP contribution in [0.1, 0.15) is 62.0 Å². The van der Waals surface area contributed by atoms with Crippen molar-refractivity contribution >= 4 is 5.91 Å². The van der Waals surface area contributed by atoms with Crippen molar-refractivity contribution in [1.29, 1.82) is 0 Å². The van der Waals surface area contributed by atoms with Gasteiger partial charge in [0.2, 0.25) is 5.91 Å².